The van der Waals surface area contributed by atoms with Gasteiger partial charge in [-0.15, -0.1) is 0 Å². The Morgan fingerprint density at radius 1 is 1.53 bits per heavy atom. The molecular weight excluding hydrogens is 218 g/mol. The van der Waals surface area contributed by atoms with Gasteiger partial charge in [-0.1, -0.05) is 13.8 Å². The van der Waals surface area contributed by atoms with E-state index in [2.05, 4.69) is 0 Å². The summed E-state index contributed by atoms with van der Waals surface area (Å²) in [5.74, 6) is 0.913. The second-order valence-corrected chi connectivity index (χ2v) is 5.29. The van der Waals surface area contributed by atoms with E-state index in [9.17, 15) is 4.79 Å². The number of ether oxygens (including phenoxy) is 1. The van der Waals surface area contributed by atoms with Crippen LogP contribution < -0.4 is 0 Å². The predicted octanol–water partition coefficient (Wildman–Crippen LogP) is 2.26. The van der Waals surface area contributed by atoms with Crippen molar-refractivity contribution in [3.05, 3.63) is 0 Å². The van der Waals surface area contributed by atoms with E-state index in [1.807, 2.05) is 18.7 Å². The van der Waals surface area contributed by atoms with Crippen molar-refractivity contribution in [2.45, 2.75) is 39.5 Å². The zero-order valence-corrected chi connectivity index (χ0v) is 11.0. The zero-order chi connectivity index (χ0) is 12.7. The summed E-state index contributed by atoms with van der Waals surface area (Å²) >= 11 is 0. The van der Waals surface area contributed by atoms with Crippen molar-refractivity contribution < 1.29 is 14.6 Å². The Morgan fingerprint density at radius 2 is 2.29 bits per heavy atom. The maximum Gasteiger partial charge on any atom is 0.409 e. The van der Waals surface area contributed by atoms with Crippen molar-refractivity contribution in [1.82, 2.24) is 4.90 Å². The minimum atomic E-state index is -0.174. The molecule has 100 valence electrons. The number of carbonyl (C=O) groups excluding carboxylic acids is 1. The topological polar surface area (TPSA) is 49.8 Å². The number of hydrogen-bond donors (Lipinski definition) is 1. The van der Waals surface area contributed by atoms with Crippen LogP contribution >= 0.6 is 0 Å². The van der Waals surface area contributed by atoms with Gasteiger partial charge in [0.05, 0.1) is 6.61 Å². The average Bonchev–Trinajstić information content (AvgIpc) is 2.33. The van der Waals surface area contributed by atoms with Crippen LogP contribution in [-0.4, -0.2) is 42.4 Å². The van der Waals surface area contributed by atoms with Gasteiger partial charge in [0.1, 0.15) is 0 Å². The first-order valence-electron chi connectivity index (χ1n) is 6.66. The summed E-state index contributed by atoms with van der Waals surface area (Å²) < 4.78 is 5.23. The highest BCUT2D eigenvalue weighted by Gasteiger charge is 2.24. The monoisotopic (exact) mass is 243 g/mol. The van der Waals surface area contributed by atoms with Gasteiger partial charge in [-0.2, -0.15) is 0 Å². The molecule has 0 aromatic carbocycles. The van der Waals surface area contributed by atoms with Crippen molar-refractivity contribution in [2.24, 2.45) is 11.8 Å². The third kappa shape index (κ3) is 5.39. The molecule has 1 fully saturated rings. The molecule has 0 aromatic heterocycles. The first-order chi connectivity index (χ1) is 8.13. The molecule has 0 aromatic rings. The number of rotatable bonds is 5. The smallest absolute Gasteiger partial charge is 0.409 e. The number of amides is 1. The fraction of sp³-hybridized carbons (Fsp3) is 0.923. The van der Waals surface area contributed by atoms with Gasteiger partial charge in [-0.05, 0) is 37.5 Å². The van der Waals surface area contributed by atoms with Crippen molar-refractivity contribution in [3.8, 4) is 0 Å². The molecule has 1 heterocycles. The molecule has 1 saturated heterocycles. The maximum absolute atomic E-state index is 11.8. The molecule has 1 rings (SSSR count). The van der Waals surface area contributed by atoms with E-state index in [-0.39, 0.29) is 12.7 Å². The fourth-order valence-electron chi connectivity index (χ4n) is 2.18. The standard InChI is InChI=1S/C13H25NO3/c1-11(2)10-17-13(16)14-7-3-5-12(9-14)6-4-8-15/h11-12,15H,3-10H2,1-2H3. The highest BCUT2D eigenvalue weighted by atomic mass is 16.6. The van der Waals surface area contributed by atoms with Gasteiger partial charge in [0, 0.05) is 19.7 Å². The van der Waals surface area contributed by atoms with Gasteiger partial charge in [-0.25, -0.2) is 4.79 Å². The van der Waals surface area contributed by atoms with Crippen molar-refractivity contribution in [1.29, 1.82) is 0 Å². The van der Waals surface area contributed by atoms with Crippen LogP contribution in [0.5, 0.6) is 0 Å². The Bertz CT molecular complexity index is 231. The maximum atomic E-state index is 11.8. The number of hydrogen-bond acceptors (Lipinski definition) is 3. The van der Waals surface area contributed by atoms with Gasteiger partial charge in [-0.3, -0.25) is 0 Å². The molecule has 4 heteroatoms. The lowest BCUT2D eigenvalue weighted by atomic mass is 9.94. The van der Waals surface area contributed by atoms with Crippen LogP contribution in [-0.2, 0) is 4.74 Å². The Hall–Kier alpha value is -0.770. The molecule has 17 heavy (non-hydrogen) atoms. The Labute approximate surface area is 104 Å². The van der Waals surface area contributed by atoms with Gasteiger partial charge in [0.25, 0.3) is 0 Å². The van der Waals surface area contributed by atoms with Gasteiger partial charge in [0.15, 0.2) is 0 Å². The molecule has 1 N–H and O–H groups in total. The third-order valence-corrected chi connectivity index (χ3v) is 3.09. The van der Waals surface area contributed by atoms with Crippen LogP contribution in [0.4, 0.5) is 4.79 Å². The predicted molar refractivity (Wildman–Crippen MR) is 66.8 cm³/mol. The summed E-state index contributed by atoms with van der Waals surface area (Å²) in [7, 11) is 0. The van der Waals surface area contributed by atoms with Crippen LogP contribution in [0.15, 0.2) is 0 Å². The van der Waals surface area contributed by atoms with Crippen LogP contribution in [0, 0.1) is 11.8 Å². The molecule has 0 bridgehead atoms. The van der Waals surface area contributed by atoms with E-state index in [1.165, 1.54) is 0 Å². The highest BCUT2D eigenvalue weighted by molar-refractivity contribution is 5.67. The lowest BCUT2D eigenvalue weighted by Crippen LogP contribution is -2.40. The van der Waals surface area contributed by atoms with Crippen LogP contribution in [0.1, 0.15) is 39.5 Å². The average molecular weight is 243 g/mol. The molecule has 0 aliphatic carbocycles. The normalized spacial score (nSPS) is 20.7. The number of aliphatic hydroxyl groups excluding tert-OH is 1. The second-order valence-electron chi connectivity index (χ2n) is 5.29. The Balaban J connectivity index is 2.30. The largest absolute Gasteiger partial charge is 0.449 e. The minimum Gasteiger partial charge on any atom is -0.449 e. The summed E-state index contributed by atoms with van der Waals surface area (Å²) in [6, 6.07) is 0. The van der Waals surface area contributed by atoms with Gasteiger partial charge >= 0.3 is 6.09 Å². The van der Waals surface area contributed by atoms with E-state index in [0.29, 0.717) is 18.4 Å². The van der Waals surface area contributed by atoms with Crippen LogP contribution in [0.25, 0.3) is 0 Å². The number of nitrogens with zero attached hydrogens (tertiary/aromatic N) is 1. The summed E-state index contributed by atoms with van der Waals surface area (Å²) in [6.07, 6.45) is 3.87. The van der Waals surface area contributed by atoms with E-state index < -0.39 is 0 Å². The summed E-state index contributed by atoms with van der Waals surface area (Å²) in [4.78, 5) is 13.6. The summed E-state index contributed by atoms with van der Waals surface area (Å²) in [5, 5.41) is 8.81. The minimum absolute atomic E-state index is 0.174. The van der Waals surface area contributed by atoms with Gasteiger partial charge < -0.3 is 14.7 Å². The Kier molecular flexibility index (Phi) is 6.34. The number of piperidine rings is 1. The fourth-order valence-corrected chi connectivity index (χ4v) is 2.18. The molecule has 0 radical (unpaired) electrons. The van der Waals surface area contributed by atoms with Crippen molar-refractivity contribution >= 4 is 6.09 Å². The lowest BCUT2D eigenvalue weighted by molar-refractivity contribution is 0.0740. The third-order valence-electron chi connectivity index (χ3n) is 3.09. The quantitative estimate of drug-likeness (QED) is 0.805. The van der Waals surface area contributed by atoms with Gasteiger partial charge in [0.2, 0.25) is 0 Å². The zero-order valence-electron chi connectivity index (χ0n) is 11.0. The van der Waals surface area contributed by atoms with Crippen molar-refractivity contribution in [2.75, 3.05) is 26.3 Å². The second kappa shape index (κ2) is 7.54. The number of carbonyl (C=O) groups is 1. The number of aliphatic hydroxyl groups is 1. The molecular formula is C13H25NO3. The first kappa shape index (κ1) is 14.3. The van der Waals surface area contributed by atoms with Crippen LogP contribution in [0.3, 0.4) is 0 Å². The lowest BCUT2D eigenvalue weighted by Gasteiger charge is -2.32. The first-order valence-corrected chi connectivity index (χ1v) is 6.66. The summed E-state index contributed by atoms with van der Waals surface area (Å²) in [5.41, 5.74) is 0. The van der Waals surface area contributed by atoms with E-state index in [4.69, 9.17) is 9.84 Å². The molecule has 1 unspecified atom stereocenters. The molecule has 0 saturated carbocycles. The number of likely N-dealkylation sites (tertiary alicyclic amines) is 1. The molecule has 1 atom stereocenters. The molecule has 1 amide bonds. The molecule has 0 spiro atoms. The van der Waals surface area contributed by atoms with Crippen LogP contribution in [0.2, 0.25) is 0 Å². The van der Waals surface area contributed by atoms with Crippen molar-refractivity contribution in [3.63, 3.8) is 0 Å². The summed E-state index contributed by atoms with van der Waals surface area (Å²) in [6.45, 7) is 6.41. The highest BCUT2D eigenvalue weighted by Crippen LogP contribution is 2.21. The van der Waals surface area contributed by atoms with E-state index in [0.717, 1.165) is 38.8 Å². The molecule has 4 nitrogen and oxygen atoms in total. The Morgan fingerprint density at radius 3 is 2.94 bits per heavy atom. The van der Waals surface area contributed by atoms with E-state index in [1.54, 1.807) is 0 Å². The van der Waals surface area contributed by atoms with E-state index >= 15 is 0 Å². The molecule has 1 aliphatic heterocycles. The molecule has 1 aliphatic rings. The SMILES string of the molecule is CC(C)COC(=O)N1CCCC(CCCO)C1.